The summed E-state index contributed by atoms with van der Waals surface area (Å²) in [7, 11) is 0. The first-order chi connectivity index (χ1) is 8.18. The third-order valence-corrected chi connectivity index (χ3v) is 2.35. The third kappa shape index (κ3) is 7.21. The average molecular weight is 258 g/mol. The first-order valence-electron chi connectivity index (χ1n) is 5.87. The Balaban J connectivity index is 1.99. The van der Waals surface area contributed by atoms with Crippen molar-refractivity contribution in [2.24, 2.45) is 0 Å². The van der Waals surface area contributed by atoms with Gasteiger partial charge in [0.15, 0.2) is 0 Å². The van der Waals surface area contributed by atoms with Gasteiger partial charge in [-0.2, -0.15) is 0 Å². The summed E-state index contributed by atoms with van der Waals surface area (Å²) in [5.74, 6) is 0. The van der Waals surface area contributed by atoms with E-state index in [-0.39, 0.29) is 6.10 Å². The van der Waals surface area contributed by atoms with Gasteiger partial charge in [0.25, 0.3) is 0 Å². The van der Waals surface area contributed by atoms with Crippen LogP contribution in [-0.4, -0.2) is 32.5 Å². The van der Waals surface area contributed by atoms with Crippen molar-refractivity contribution in [2.75, 3.05) is 31.7 Å². The zero-order valence-electron chi connectivity index (χ0n) is 10.4. The minimum atomic E-state index is 0.269. The van der Waals surface area contributed by atoms with Crippen LogP contribution in [0.4, 0.5) is 5.69 Å². The molecule has 3 nitrogen and oxygen atoms in total. The molecule has 1 N–H and O–H groups in total. The Hall–Kier alpha value is -0.770. The molecule has 0 saturated heterocycles. The summed E-state index contributed by atoms with van der Waals surface area (Å²) < 4.78 is 10.8. The number of hydrogen-bond acceptors (Lipinski definition) is 3. The van der Waals surface area contributed by atoms with Crippen LogP contribution in [0, 0.1) is 0 Å². The summed E-state index contributed by atoms with van der Waals surface area (Å²) in [5, 5.41) is 3.99. The minimum absolute atomic E-state index is 0.269. The van der Waals surface area contributed by atoms with Crippen molar-refractivity contribution in [3.8, 4) is 0 Å². The Bertz CT molecular complexity index is 301. The highest BCUT2D eigenvalue weighted by atomic mass is 35.5. The van der Waals surface area contributed by atoms with E-state index >= 15 is 0 Å². The van der Waals surface area contributed by atoms with Crippen LogP contribution in [0.15, 0.2) is 24.3 Å². The topological polar surface area (TPSA) is 30.5 Å². The summed E-state index contributed by atoms with van der Waals surface area (Å²) in [6, 6.07) is 7.62. The second kappa shape index (κ2) is 8.34. The molecule has 17 heavy (non-hydrogen) atoms. The van der Waals surface area contributed by atoms with Crippen LogP contribution in [0.3, 0.4) is 0 Å². The van der Waals surface area contributed by atoms with E-state index in [4.69, 9.17) is 21.1 Å². The van der Waals surface area contributed by atoms with Crippen molar-refractivity contribution in [3.63, 3.8) is 0 Å². The van der Waals surface area contributed by atoms with E-state index in [1.807, 2.05) is 38.1 Å². The van der Waals surface area contributed by atoms with Crippen LogP contribution in [0.1, 0.15) is 13.8 Å². The number of benzene rings is 1. The van der Waals surface area contributed by atoms with Gasteiger partial charge in [-0.15, -0.1) is 0 Å². The molecule has 1 rings (SSSR count). The van der Waals surface area contributed by atoms with Gasteiger partial charge < -0.3 is 14.8 Å². The third-order valence-electron chi connectivity index (χ3n) is 2.10. The Morgan fingerprint density at radius 3 is 2.47 bits per heavy atom. The first-order valence-corrected chi connectivity index (χ1v) is 6.25. The van der Waals surface area contributed by atoms with Crippen LogP contribution < -0.4 is 5.32 Å². The van der Waals surface area contributed by atoms with E-state index in [0.29, 0.717) is 19.8 Å². The van der Waals surface area contributed by atoms with E-state index in [1.54, 1.807) is 0 Å². The van der Waals surface area contributed by atoms with Crippen molar-refractivity contribution in [2.45, 2.75) is 20.0 Å². The standard InChI is InChI=1S/C13H20ClNO2/c1-11(2)17-10-9-16-8-7-15-13-5-3-12(14)4-6-13/h3-6,11,15H,7-10H2,1-2H3. The molecule has 0 aliphatic heterocycles. The number of nitrogens with one attached hydrogen (secondary N) is 1. The summed E-state index contributed by atoms with van der Waals surface area (Å²) in [6.45, 7) is 6.77. The Kier molecular flexibility index (Phi) is 7.01. The van der Waals surface area contributed by atoms with Crippen molar-refractivity contribution in [3.05, 3.63) is 29.3 Å². The number of hydrogen-bond donors (Lipinski definition) is 1. The second-order valence-corrected chi connectivity index (χ2v) is 4.40. The Morgan fingerprint density at radius 2 is 1.82 bits per heavy atom. The number of anilines is 1. The molecule has 0 heterocycles. The zero-order valence-corrected chi connectivity index (χ0v) is 11.2. The zero-order chi connectivity index (χ0) is 12.5. The molecule has 0 amide bonds. The minimum Gasteiger partial charge on any atom is -0.383 e. The van der Waals surface area contributed by atoms with E-state index < -0.39 is 0 Å². The quantitative estimate of drug-likeness (QED) is 0.726. The van der Waals surface area contributed by atoms with Gasteiger partial charge in [0.2, 0.25) is 0 Å². The molecule has 0 fully saturated rings. The SMILES string of the molecule is CC(C)OCCOCCNc1ccc(Cl)cc1. The van der Waals surface area contributed by atoms with Crippen LogP contribution in [-0.2, 0) is 9.47 Å². The molecule has 0 aromatic heterocycles. The molecule has 0 unspecified atom stereocenters. The fourth-order valence-corrected chi connectivity index (χ4v) is 1.41. The summed E-state index contributed by atoms with van der Waals surface area (Å²) in [4.78, 5) is 0. The van der Waals surface area contributed by atoms with Gasteiger partial charge in [-0.3, -0.25) is 0 Å². The van der Waals surface area contributed by atoms with Crippen LogP contribution in [0.2, 0.25) is 5.02 Å². The van der Waals surface area contributed by atoms with E-state index in [9.17, 15) is 0 Å². The molecule has 0 bridgehead atoms. The molecule has 0 radical (unpaired) electrons. The normalized spacial score (nSPS) is 10.8. The fourth-order valence-electron chi connectivity index (χ4n) is 1.28. The van der Waals surface area contributed by atoms with Gasteiger partial charge in [0.05, 0.1) is 25.9 Å². The maximum Gasteiger partial charge on any atom is 0.0703 e. The van der Waals surface area contributed by atoms with Gasteiger partial charge in [-0.25, -0.2) is 0 Å². The van der Waals surface area contributed by atoms with Crippen LogP contribution in [0.25, 0.3) is 0 Å². The molecule has 0 aliphatic rings. The highest BCUT2D eigenvalue weighted by Crippen LogP contribution is 2.12. The maximum absolute atomic E-state index is 5.79. The Morgan fingerprint density at radius 1 is 1.12 bits per heavy atom. The predicted molar refractivity (Wildman–Crippen MR) is 71.8 cm³/mol. The summed E-state index contributed by atoms with van der Waals surface area (Å²) in [6.07, 6.45) is 0.269. The number of rotatable bonds is 8. The van der Waals surface area contributed by atoms with Gasteiger partial charge in [-0.1, -0.05) is 11.6 Å². The molecule has 1 aromatic rings. The first kappa shape index (κ1) is 14.3. The molecule has 0 atom stereocenters. The largest absolute Gasteiger partial charge is 0.383 e. The summed E-state index contributed by atoms with van der Waals surface area (Å²) in [5.41, 5.74) is 1.05. The van der Waals surface area contributed by atoms with Gasteiger partial charge >= 0.3 is 0 Å². The average Bonchev–Trinajstić information content (AvgIpc) is 2.30. The number of ether oxygens (including phenoxy) is 2. The van der Waals surface area contributed by atoms with E-state index in [0.717, 1.165) is 17.3 Å². The van der Waals surface area contributed by atoms with Gasteiger partial charge in [-0.05, 0) is 38.1 Å². The van der Waals surface area contributed by atoms with Crippen LogP contribution in [0.5, 0.6) is 0 Å². The lowest BCUT2D eigenvalue weighted by atomic mass is 10.3. The molecular formula is C13H20ClNO2. The predicted octanol–water partition coefficient (Wildman–Crippen LogP) is 3.19. The lowest BCUT2D eigenvalue weighted by molar-refractivity contribution is 0.0222. The van der Waals surface area contributed by atoms with E-state index in [2.05, 4.69) is 5.32 Å². The van der Waals surface area contributed by atoms with Gasteiger partial charge in [0, 0.05) is 17.3 Å². The molecule has 1 aromatic carbocycles. The molecular weight excluding hydrogens is 238 g/mol. The second-order valence-electron chi connectivity index (χ2n) is 3.97. The lowest BCUT2D eigenvalue weighted by Gasteiger charge is -2.09. The van der Waals surface area contributed by atoms with E-state index in [1.165, 1.54) is 0 Å². The molecule has 0 aliphatic carbocycles. The fraction of sp³-hybridized carbons (Fsp3) is 0.538. The molecule has 0 spiro atoms. The lowest BCUT2D eigenvalue weighted by Crippen LogP contribution is -2.14. The highest BCUT2D eigenvalue weighted by molar-refractivity contribution is 6.30. The monoisotopic (exact) mass is 257 g/mol. The van der Waals surface area contributed by atoms with Crippen molar-refractivity contribution < 1.29 is 9.47 Å². The Labute approximate surface area is 108 Å². The molecule has 0 saturated carbocycles. The molecule has 96 valence electrons. The number of halogens is 1. The van der Waals surface area contributed by atoms with Crippen LogP contribution >= 0.6 is 11.6 Å². The van der Waals surface area contributed by atoms with Gasteiger partial charge in [0.1, 0.15) is 0 Å². The smallest absolute Gasteiger partial charge is 0.0703 e. The summed E-state index contributed by atoms with van der Waals surface area (Å²) >= 11 is 5.79. The molecule has 4 heteroatoms. The van der Waals surface area contributed by atoms with Crippen molar-refractivity contribution >= 4 is 17.3 Å². The van der Waals surface area contributed by atoms with Crippen molar-refractivity contribution in [1.82, 2.24) is 0 Å². The highest BCUT2D eigenvalue weighted by Gasteiger charge is 1.94. The maximum atomic E-state index is 5.79. The van der Waals surface area contributed by atoms with Crippen molar-refractivity contribution in [1.29, 1.82) is 0 Å².